The van der Waals surface area contributed by atoms with Crippen molar-refractivity contribution in [2.45, 2.75) is 12.5 Å². The molecule has 1 aliphatic rings. The van der Waals surface area contributed by atoms with E-state index in [1.54, 1.807) is 7.05 Å². The maximum atomic E-state index is 12.1. The number of anilines is 1. The number of aromatic nitrogens is 4. The minimum Gasteiger partial charge on any atom is -0.341 e. The van der Waals surface area contributed by atoms with Crippen LogP contribution >= 0.6 is 0 Å². The SMILES string of the molecule is CNC1CCN(c2nc3c([nH]2)c(=O)n(C)c(=O)n3C)C1. The van der Waals surface area contributed by atoms with Gasteiger partial charge in [-0.15, -0.1) is 0 Å². The lowest BCUT2D eigenvalue weighted by Crippen LogP contribution is -2.36. The van der Waals surface area contributed by atoms with E-state index in [1.807, 2.05) is 7.05 Å². The van der Waals surface area contributed by atoms with E-state index >= 15 is 0 Å². The molecule has 0 aromatic carbocycles. The molecule has 2 aromatic rings. The van der Waals surface area contributed by atoms with Gasteiger partial charge in [-0.3, -0.25) is 13.9 Å². The van der Waals surface area contributed by atoms with Crippen LogP contribution in [0.4, 0.5) is 5.95 Å². The molecular formula is C12H18N6O2. The van der Waals surface area contributed by atoms with Gasteiger partial charge in [0.2, 0.25) is 5.95 Å². The fourth-order valence-corrected chi connectivity index (χ4v) is 2.65. The van der Waals surface area contributed by atoms with Crippen LogP contribution in [-0.4, -0.2) is 45.3 Å². The van der Waals surface area contributed by atoms with Gasteiger partial charge in [-0.2, -0.15) is 4.98 Å². The number of fused-ring (bicyclic) bond motifs is 1. The topological polar surface area (TPSA) is 88.0 Å². The number of H-pyrrole nitrogens is 1. The van der Waals surface area contributed by atoms with Gasteiger partial charge < -0.3 is 15.2 Å². The summed E-state index contributed by atoms with van der Waals surface area (Å²) in [5.74, 6) is 0.649. The molecule has 8 heteroatoms. The zero-order chi connectivity index (χ0) is 14.4. The standard InChI is InChI=1S/C12H18N6O2/c1-13-7-4-5-18(6-7)11-14-8-9(15-11)16(2)12(20)17(3)10(8)19/h7,13H,4-6H2,1-3H3,(H,14,15). The van der Waals surface area contributed by atoms with Crippen molar-refractivity contribution in [3.63, 3.8) is 0 Å². The summed E-state index contributed by atoms with van der Waals surface area (Å²) in [5.41, 5.74) is 0.0693. The number of rotatable bonds is 2. The fraction of sp³-hybridized carbons (Fsp3) is 0.583. The lowest BCUT2D eigenvalue weighted by Gasteiger charge is -2.14. The molecule has 0 saturated carbocycles. The fourth-order valence-electron chi connectivity index (χ4n) is 2.65. The van der Waals surface area contributed by atoms with Crippen molar-refractivity contribution >= 4 is 17.1 Å². The molecule has 2 aromatic heterocycles. The molecule has 1 unspecified atom stereocenters. The Kier molecular flexibility index (Phi) is 2.89. The molecule has 1 atom stereocenters. The van der Waals surface area contributed by atoms with Gasteiger partial charge in [0.1, 0.15) is 0 Å². The number of hydrogen-bond donors (Lipinski definition) is 2. The van der Waals surface area contributed by atoms with Crippen molar-refractivity contribution < 1.29 is 0 Å². The summed E-state index contributed by atoms with van der Waals surface area (Å²) in [6.07, 6.45) is 1.03. The Labute approximate surface area is 115 Å². The lowest BCUT2D eigenvalue weighted by atomic mass is 10.3. The summed E-state index contributed by atoms with van der Waals surface area (Å²) in [6, 6.07) is 0.426. The van der Waals surface area contributed by atoms with E-state index in [-0.39, 0.29) is 11.2 Å². The van der Waals surface area contributed by atoms with Crippen LogP contribution in [0.5, 0.6) is 0 Å². The summed E-state index contributed by atoms with van der Waals surface area (Å²) in [4.78, 5) is 33.5. The highest BCUT2D eigenvalue weighted by Gasteiger charge is 2.24. The van der Waals surface area contributed by atoms with Crippen LogP contribution in [0.2, 0.25) is 0 Å². The number of aromatic amines is 1. The Morgan fingerprint density at radius 1 is 1.30 bits per heavy atom. The molecule has 3 heterocycles. The molecule has 1 fully saturated rings. The van der Waals surface area contributed by atoms with Gasteiger partial charge in [0, 0.05) is 33.2 Å². The largest absolute Gasteiger partial charge is 0.341 e. The first-order chi connectivity index (χ1) is 9.52. The summed E-state index contributed by atoms with van der Waals surface area (Å²) in [7, 11) is 5.03. The van der Waals surface area contributed by atoms with E-state index in [4.69, 9.17) is 0 Å². The Morgan fingerprint density at radius 3 is 2.70 bits per heavy atom. The first kappa shape index (κ1) is 12.9. The Morgan fingerprint density at radius 2 is 2.05 bits per heavy atom. The minimum atomic E-state index is -0.366. The third kappa shape index (κ3) is 1.75. The number of nitrogens with one attached hydrogen (secondary N) is 2. The Bertz CT molecular complexity index is 771. The van der Waals surface area contributed by atoms with Gasteiger partial charge >= 0.3 is 5.69 Å². The monoisotopic (exact) mass is 278 g/mol. The highest BCUT2D eigenvalue weighted by Crippen LogP contribution is 2.18. The zero-order valence-electron chi connectivity index (χ0n) is 11.8. The number of nitrogens with zero attached hydrogens (tertiary/aromatic N) is 4. The van der Waals surface area contributed by atoms with Crippen LogP contribution in [0.1, 0.15) is 6.42 Å². The van der Waals surface area contributed by atoms with E-state index in [9.17, 15) is 9.59 Å². The smallest absolute Gasteiger partial charge is 0.332 e. The minimum absolute atomic E-state index is 0.341. The third-order valence-electron chi connectivity index (χ3n) is 3.98. The number of imidazole rings is 1. The average Bonchev–Trinajstić information content (AvgIpc) is 3.08. The van der Waals surface area contributed by atoms with Gasteiger partial charge in [-0.05, 0) is 13.5 Å². The molecule has 8 nitrogen and oxygen atoms in total. The predicted molar refractivity (Wildman–Crippen MR) is 76.3 cm³/mol. The van der Waals surface area contributed by atoms with Gasteiger partial charge in [0.05, 0.1) is 0 Å². The van der Waals surface area contributed by atoms with E-state index in [2.05, 4.69) is 20.2 Å². The Hall–Kier alpha value is -2.09. The van der Waals surface area contributed by atoms with E-state index in [0.717, 1.165) is 24.1 Å². The first-order valence-electron chi connectivity index (χ1n) is 6.61. The molecule has 20 heavy (non-hydrogen) atoms. The van der Waals surface area contributed by atoms with Gasteiger partial charge in [0.15, 0.2) is 11.2 Å². The molecule has 2 N–H and O–H groups in total. The summed E-state index contributed by atoms with van der Waals surface area (Å²) < 4.78 is 2.48. The van der Waals surface area contributed by atoms with Crippen molar-refractivity contribution in [2.75, 3.05) is 25.0 Å². The molecule has 1 aliphatic heterocycles. The molecule has 0 amide bonds. The van der Waals surface area contributed by atoms with Crippen molar-refractivity contribution in [3.05, 3.63) is 20.8 Å². The normalized spacial score (nSPS) is 19.1. The second-order valence-electron chi connectivity index (χ2n) is 5.19. The second-order valence-corrected chi connectivity index (χ2v) is 5.19. The highest BCUT2D eigenvalue weighted by atomic mass is 16.2. The van der Waals surface area contributed by atoms with Gasteiger partial charge in [-0.25, -0.2) is 4.79 Å². The van der Waals surface area contributed by atoms with Gasteiger partial charge in [0.25, 0.3) is 5.56 Å². The molecule has 108 valence electrons. The van der Waals surface area contributed by atoms with E-state index < -0.39 is 0 Å². The molecule has 3 rings (SSSR count). The molecule has 0 radical (unpaired) electrons. The quantitative estimate of drug-likeness (QED) is 0.717. The molecule has 0 bridgehead atoms. The van der Waals surface area contributed by atoms with Crippen LogP contribution in [-0.2, 0) is 14.1 Å². The van der Waals surface area contributed by atoms with Gasteiger partial charge in [-0.1, -0.05) is 0 Å². The predicted octanol–water partition coefficient (Wildman–Crippen LogP) is -1.24. The summed E-state index contributed by atoms with van der Waals surface area (Å²) >= 11 is 0. The van der Waals surface area contributed by atoms with Crippen LogP contribution < -0.4 is 21.5 Å². The van der Waals surface area contributed by atoms with Crippen LogP contribution in [0.25, 0.3) is 11.2 Å². The molecule has 1 saturated heterocycles. The third-order valence-corrected chi connectivity index (χ3v) is 3.98. The number of aryl methyl sites for hydroxylation is 1. The summed E-state index contributed by atoms with van der Waals surface area (Å²) in [6.45, 7) is 1.71. The molecular weight excluding hydrogens is 260 g/mol. The van der Waals surface area contributed by atoms with Crippen LogP contribution in [0.15, 0.2) is 9.59 Å². The van der Waals surface area contributed by atoms with Crippen LogP contribution in [0.3, 0.4) is 0 Å². The van der Waals surface area contributed by atoms with Crippen molar-refractivity contribution in [3.8, 4) is 0 Å². The van der Waals surface area contributed by atoms with Crippen molar-refractivity contribution in [2.24, 2.45) is 14.1 Å². The molecule has 0 spiro atoms. The van der Waals surface area contributed by atoms with E-state index in [0.29, 0.717) is 23.2 Å². The summed E-state index contributed by atoms with van der Waals surface area (Å²) in [5, 5.41) is 3.23. The van der Waals surface area contributed by atoms with E-state index in [1.165, 1.54) is 11.6 Å². The zero-order valence-corrected chi connectivity index (χ0v) is 11.8. The number of hydrogen-bond acceptors (Lipinski definition) is 5. The van der Waals surface area contributed by atoms with Crippen molar-refractivity contribution in [1.29, 1.82) is 0 Å². The molecule has 0 aliphatic carbocycles. The maximum Gasteiger partial charge on any atom is 0.332 e. The average molecular weight is 278 g/mol. The Balaban J connectivity index is 2.12. The number of likely N-dealkylation sites (N-methyl/N-ethyl adjacent to an activating group) is 1. The maximum absolute atomic E-state index is 12.1. The first-order valence-corrected chi connectivity index (χ1v) is 6.61. The lowest BCUT2D eigenvalue weighted by molar-refractivity contribution is 0.616. The second kappa shape index (κ2) is 4.48. The highest BCUT2D eigenvalue weighted by molar-refractivity contribution is 5.73. The van der Waals surface area contributed by atoms with Crippen molar-refractivity contribution in [1.82, 2.24) is 24.4 Å². The van der Waals surface area contributed by atoms with Crippen LogP contribution in [0, 0.1) is 0 Å².